The first kappa shape index (κ1) is 13.7. The summed E-state index contributed by atoms with van der Waals surface area (Å²) in [4.78, 5) is 2.42. The fraction of sp³-hybridized carbons (Fsp3) is 0.273. The molecule has 0 aromatic heterocycles. The minimum absolute atomic E-state index is 0.0923. The van der Waals surface area contributed by atoms with Gasteiger partial charge in [-0.25, -0.2) is 13.4 Å². The van der Waals surface area contributed by atoms with Gasteiger partial charge in [0.2, 0.25) is 0 Å². The van der Waals surface area contributed by atoms with Gasteiger partial charge in [-0.15, -0.1) is 4.83 Å². The first-order valence-corrected chi connectivity index (χ1v) is 6.34. The lowest BCUT2D eigenvalue weighted by Gasteiger charge is -2.13. The Bertz CT molecular complexity index is 541. The number of aliphatic hydroxyl groups is 1. The van der Waals surface area contributed by atoms with Crippen molar-refractivity contribution in [2.75, 3.05) is 20.7 Å². The van der Waals surface area contributed by atoms with Gasteiger partial charge in [0.25, 0.3) is 10.0 Å². The van der Waals surface area contributed by atoms with Gasteiger partial charge in [0, 0.05) is 19.7 Å². The van der Waals surface area contributed by atoms with Crippen LogP contribution in [0.2, 0.25) is 0 Å². The molecule has 0 atom stereocenters. The van der Waals surface area contributed by atoms with E-state index in [9.17, 15) is 8.42 Å². The van der Waals surface area contributed by atoms with Crippen LogP contribution in [0.5, 0.6) is 0 Å². The van der Waals surface area contributed by atoms with Crippen LogP contribution in [0.25, 0.3) is 0 Å². The molecular formula is C11H14N2O3S. The molecular weight excluding hydrogens is 240 g/mol. The van der Waals surface area contributed by atoms with E-state index in [1.165, 1.54) is 11.1 Å². The Morgan fingerprint density at radius 2 is 2.00 bits per heavy atom. The maximum atomic E-state index is 11.9. The van der Waals surface area contributed by atoms with Crippen LogP contribution in [0.15, 0.2) is 29.2 Å². The normalized spacial score (nSPS) is 11.1. The summed E-state index contributed by atoms with van der Waals surface area (Å²) in [5, 5.41) is 9.96. The van der Waals surface area contributed by atoms with Crippen LogP contribution < -0.4 is 4.83 Å². The zero-order valence-electron chi connectivity index (χ0n) is 9.64. The summed E-state index contributed by atoms with van der Waals surface area (Å²) in [6.07, 6.45) is 0. The Morgan fingerprint density at radius 3 is 2.59 bits per heavy atom. The van der Waals surface area contributed by atoms with Crippen molar-refractivity contribution in [3.63, 3.8) is 0 Å². The van der Waals surface area contributed by atoms with Crippen LogP contribution in [0.3, 0.4) is 0 Å². The van der Waals surface area contributed by atoms with Crippen LogP contribution in [-0.2, 0) is 10.0 Å². The van der Waals surface area contributed by atoms with Crippen molar-refractivity contribution in [2.24, 2.45) is 0 Å². The molecule has 92 valence electrons. The number of sulfonamides is 1. The van der Waals surface area contributed by atoms with E-state index in [1.807, 2.05) is 0 Å². The Labute approximate surface area is 101 Å². The van der Waals surface area contributed by atoms with E-state index >= 15 is 0 Å². The third kappa shape index (κ3) is 3.84. The minimum atomic E-state index is -3.63. The second kappa shape index (κ2) is 5.80. The minimum Gasteiger partial charge on any atom is -0.384 e. The van der Waals surface area contributed by atoms with Gasteiger partial charge in [0.05, 0.1) is 4.90 Å². The average Bonchev–Trinajstić information content (AvgIpc) is 2.25. The van der Waals surface area contributed by atoms with Crippen LogP contribution >= 0.6 is 0 Å². The molecule has 0 saturated carbocycles. The summed E-state index contributed by atoms with van der Waals surface area (Å²) < 4.78 is 23.9. The molecule has 17 heavy (non-hydrogen) atoms. The monoisotopic (exact) mass is 254 g/mol. The van der Waals surface area contributed by atoms with Gasteiger partial charge in [0.15, 0.2) is 0 Å². The lowest BCUT2D eigenvalue weighted by atomic mass is 10.2. The van der Waals surface area contributed by atoms with Crippen LogP contribution in [0.4, 0.5) is 0 Å². The molecule has 1 aromatic carbocycles. The number of hydrazine groups is 1. The Hall–Kier alpha value is -1.39. The third-order valence-corrected chi connectivity index (χ3v) is 3.32. The summed E-state index contributed by atoms with van der Waals surface area (Å²) in [6, 6.07) is 6.37. The quantitative estimate of drug-likeness (QED) is 0.578. The fourth-order valence-electron chi connectivity index (χ4n) is 1.23. The second-order valence-electron chi connectivity index (χ2n) is 3.45. The predicted molar refractivity (Wildman–Crippen MR) is 64.4 cm³/mol. The van der Waals surface area contributed by atoms with Gasteiger partial charge in [0.1, 0.15) is 6.61 Å². The molecule has 0 amide bonds. The Morgan fingerprint density at radius 1 is 1.35 bits per heavy atom. The van der Waals surface area contributed by atoms with Gasteiger partial charge >= 0.3 is 0 Å². The molecule has 6 heteroatoms. The molecule has 0 unspecified atom stereocenters. The molecule has 0 aliphatic heterocycles. The first-order chi connectivity index (χ1) is 7.97. The van der Waals surface area contributed by atoms with Gasteiger partial charge in [-0.1, -0.05) is 24.0 Å². The molecule has 2 N–H and O–H groups in total. The number of hydrogen-bond donors (Lipinski definition) is 2. The molecule has 0 heterocycles. The van der Waals surface area contributed by atoms with Crippen molar-refractivity contribution in [3.05, 3.63) is 29.8 Å². The predicted octanol–water partition coefficient (Wildman–Crippen LogP) is -0.215. The van der Waals surface area contributed by atoms with Crippen LogP contribution in [-0.4, -0.2) is 39.2 Å². The summed E-state index contributed by atoms with van der Waals surface area (Å²) in [5.41, 5.74) is 0.357. The van der Waals surface area contributed by atoms with Crippen molar-refractivity contribution >= 4 is 10.0 Å². The fourth-order valence-corrected chi connectivity index (χ4v) is 2.47. The summed E-state index contributed by atoms with van der Waals surface area (Å²) in [5.74, 6) is 5.03. The van der Waals surface area contributed by atoms with Crippen LogP contribution in [0.1, 0.15) is 5.56 Å². The maximum absolute atomic E-state index is 11.9. The highest BCUT2D eigenvalue weighted by Crippen LogP contribution is 2.14. The zero-order valence-corrected chi connectivity index (χ0v) is 10.5. The van der Waals surface area contributed by atoms with Crippen molar-refractivity contribution < 1.29 is 13.5 Å². The molecule has 0 fully saturated rings. The van der Waals surface area contributed by atoms with Crippen LogP contribution in [0, 0.1) is 11.8 Å². The highest BCUT2D eigenvalue weighted by Gasteiger charge is 2.17. The molecule has 0 radical (unpaired) electrons. The number of aliphatic hydroxyl groups excluding tert-OH is 1. The summed E-state index contributed by atoms with van der Waals surface area (Å²) in [7, 11) is -0.463. The van der Waals surface area contributed by atoms with E-state index in [-0.39, 0.29) is 11.5 Å². The van der Waals surface area contributed by atoms with E-state index in [1.54, 1.807) is 32.3 Å². The number of benzene rings is 1. The smallest absolute Gasteiger partial charge is 0.254 e. The van der Waals surface area contributed by atoms with E-state index in [0.717, 1.165) is 0 Å². The lowest BCUT2D eigenvalue weighted by molar-refractivity contribution is 0.350. The summed E-state index contributed by atoms with van der Waals surface area (Å²) >= 11 is 0. The van der Waals surface area contributed by atoms with E-state index in [0.29, 0.717) is 5.56 Å². The number of hydrogen-bond acceptors (Lipinski definition) is 4. The SMILES string of the molecule is CN(C)NS(=O)(=O)c1ccccc1C#CCO. The standard InChI is InChI=1S/C11H14N2O3S/c1-13(2)12-17(15,16)11-8-4-3-6-10(11)7-5-9-14/h3-4,6,8,12,14H,9H2,1-2H3. The Kier molecular flexibility index (Phi) is 4.66. The van der Waals surface area contributed by atoms with Gasteiger partial charge in [-0.3, -0.25) is 0 Å². The maximum Gasteiger partial charge on any atom is 0.254 e. The molecule has 0 saturated heterocycles. The van der Waals surface area contributed by atoms with E-state index < -0.39 is 10.0 Å². The highest BCUT2D eigenvalue weighted by molar-refractivity contribution is 7.89. The lowest BCUT2D eigenvalue weighted by Crippen LogP contribution is -2.36. The first-order valence-electron chi connectivity index (χ1n) is 4.86. The molecule has 0 bridgehead atoms. The zero-order chi connectivity index (χ0) is 12.9. The third-order valence-electron chi connectivity index (χ3n) is 1.78. The second-order valence-corrected chi connectivity index (χ2v) is 5.07. The average molecular weight is 254 g/mol. The molecule has 0 spiro atoms. The van der Waals surface area contributed by atoms with E-state index in [4.69, 9.17) is 5.11 Å². The molecule has 1 rings (SSSR count). The van der Waals surface area contributed by atoms with Gasteiger partial charge < -0.3 is 5.11 Å². The van der Waals surface area contributed by atoms with E-state index in [2.05, 4.69) is 16.7 Å². The van der Waals surface area contributed by atoms with Crippen molar-refractivity contribution in [1.82, 2.24) is 9.84 Å². The van der Waals surface area contributed by atoms with Crippen molar-refractivity contribution in [1.29, 1.82) is 0 Å². The molecule has 1 aromatic rings. The summed E-state index contributed by atoms with van der Waals surface area (Å²) in [6.45, 7) is -0.310. The number of nitrogens with zero attached hydrogens (tertiary/aromatic N) is 1. The van der Waals surface area contributed by atoms with Gasteiger partial charge in [-0.05, 0) is 12.1 Å². The number of rotatable bonds is 3. The molecule has 0 aliphatic carbocycles. The van der Waals surface area contributed by atoms with Gasteiger partial charge in [-0.2, -0.15) is 0 Å². The molecule has 0 aliphatic rings. The van der Waals surface area contributed by atoms with Crippen molar-refractivity contribution in [2.45, 2.75) is 4.90 Å². The highest BCUT2D eigenvalue weighted by atomic mass is 32.2. The Balaban J connectivity index is 3.22. The number of nitrogens with one attached hydrogen (secondary N) is 1. The molecule has 5 nitrogen and oxygen atoms in total. The largest absolute Gasteiger partial charge is 0.384 e. The van der Waals surface area contributed by atoms with Crippen molar-refractivity contribution in [3.8, 4) is 11.8 Å². The topological polar surface area (TPSA) is 69.6 Å².